The molecule has 3 heterocycles. The van der Waals surface area contributed by atoms with Crippen LogP contribution in [-0.4, -0.2) is 197 Å². The van der Waals surface area contributed by atoms with Crippen molar-refractivity contribution in [2.24, 2.45) is 45.3 Å². The molecule has 12 N–H and O–H groups in total. The molecule has 6 fully saturated rings. The Morgan fingerprint density at radius 3 is 1.75 bits per heavy atom. The van der Waals surface area contributed by atoms with Gasteiger partial charge in [0.2, 0.25) is 0 Å². The van der Waals surface area contributed by atoms with Crippen molar-refractivity contribution >= 4 is 5.78 Å². The standard InChI is InChI=1S/C48H80O19/c1-21(9-13-31(45(4,5)61)66-43-40(37(58)34(55)27(20-51)64-43)67-42-39(60)36(57)33(54)26(19-50)63-42)22-15-16-46(6)28-12-10-23-24(48(28,8)29(52)17-47(22,46)7)11-14-30(44(23,2)3)65-41-38(59)35(56)32(53)25(18-49)62-41/h10,21-22,24-28,30-43,49-51,53-61H,9,11-20H2,1-8H3/t21-,22?,24?,25-,26-,27-,28?,30+,31-,32-,33-,34-,35+,36+,37+,38-,39-,40-,41+,42+,43+,46+,47-,48+/m1/s1. The maximum Gasteiger partial charge on any atom is 0.187 e. The SMILES string of the molecule is C[C@H](CC[C@@H](O[C@@H]1O[C@H](CO)[C@@H](O)[C@H](O)[C@H]1O[C@@H]1O[C@H](CO)[C@@H](O)[C@H](O)[C@H]1O)C(C)(C)O)C1CC[C@@]2(C)C3CC=C4C(CC[C@H](O[C@@H]5O[C@H](CO)[C@@H](O)[C@H](O)[C@H]5O)C4(C)C)[C@]3(C)C(=O)C[C@]12C. The number of fused-ring (bicyclic) bond motifs is 5. The monoisotopic (exact) mass is 961 g/mol. The van der Waals surface area contributed by atoms with Crippen LogP contribution in [0, 0.1) is 45.3 Å². The number of carbonyl (C=O) groups is 1. The van der Waals surface area contributed by atoms with Crippen LogP contribution in [0.2, 0.25) is 0 Å². The number of ketones is 1. The molecule has 0 radical (unpaired) electrons. The Kier molecular flexibility index (Phi) is 15.7. The summed E-state index contributed by atoms with van der Waals surface area (Å²) in [5.41, 5.74) is -2.17. The van der Waals surface area contributed by atoms with Gasteiger partial charge in [-0.05, 0) is 93.3 Å². The van der Waals surface area contributed by atoms with Crippen LogP contribution >= 0.6 is 0 Å². The third-order valence-electron chi connectivity index (χ3n) is 18.4. The van der Waals surface area contributed by atoms with Crippen molar-refractivity contribution in [3.63, 3.8) is 0 Å². The van der Waals surface area contributed by atoms with Gasteiger partial charge in [0.1, 0.15) is 79.0 Å². The second-order valence-electron chi connectivity index (χ2n) is 22.8. The number of Topliss-reactive ketones (excluding diaryl/α,β-unsaturated/α-hetero) is 1. The van der Waals surface area contributed by atoms with E-state index in [1.807, 2.05) is 0 Å². The number of allylic oxidation sites excluding steroid dienone is 1. The summed E-state index contributed by atoms with van der Waals surface area (Å²) in [6.45, 7) is 14.2. The summed E-state index contributed by atoms with van der Waals surface area (Å²) in [4.78, 5) is 15.0. The predicted octanol–water partition coefficient (Wildman–Crippen LogP) is -0.848. The van der Waals surface area contributed by atoms with Crippen LogP contribution < -0.4 is 0 Å². The minimum absolute atomic E-state index is 0.0482. The molecule has 4 aliphatic carbocycles. The highest BCUT2D eigenvalue weighted by Gasteiger charge is 2.70. The maximum absolute atomic E-state index is 15.0. The molecule has 0 bridgehead atoms. The first kappa shape index (κ1) is 53.5. The maximum atomic E-state index is 15.0. The first-order chi connectivity index (χ1) is 31.2. The topological polar surface area (TPSA) is 315 Å². The van der Waals surface area contributed by atoms with Gasteiger partial charge in [0.25, 0.3) is 0 Å². The van der Waals surface area contributed by atoms with Gasteiger partial charge in [0, 0.05) is 17.3 Å². The molecule has 19 heteroatoms. The van der Waals surface area contributed by atoms with Crippen molar-refractivity contribution in [1.29, 1.82) is 0 Å². The molecule has 7 aliphatic rings. The molecule has 3 saturated heterocycles. The Morgan fingerprint density at radius 2 is 1.21 bits per heavy atom. The third-order valence-corrected chi connectivity index (χ3v) is 18.4. The zero-order chi connectivity index (χ0) is 49.5. The number of rotatable bonds is 14. The normalized spacial score (nSPS) is 49.9. The largest absolute Gasteiger partial charge is 0.394 e. The first-order valence-electron chi connectivity index (χ1n) is 24.4. The molecule has 24 atom stereocenters. The summed E-state index contributed by atoms with van der Waals surface area (Å²) in [7, 11) is 0. The van der Waals surface area contributed by atoms with Crippen molar-refractivity contribution in [3.8, 4) is 0 Å². The van der Waals surface area contributed by atoms with Crippen LogP contribution in [0.15, 0.2) is 11.6 Å². The average Bonchev–Trinajstić information content (AvgIpc) is 3.54. The minimum Gasteiger partial charge on any atom is -0.394 e. The molecule has 0 spiro atoms. The lowest BCUT2D eigenvalue weighted by Crippen LogP contribution is -2.65. The second-order valence-corrected chi connectivity index (χ2v) is 22.8. The van der Waals surface area contributed by atoms with Crippen molar-refractivity contribution < 1.29 is 94.5 Å². The van der Waals surface area contributed by atoms with Crippen LogP contribution in [-0.2, 0) is 33.2 Å². The van der Waals surface area contributed by atoms with Gasteiger partial charge in [-0.15, -0.1) is 0 Å². The number of hydrogen-bond donors (Lipinski definition) is 12. The highest BCUT2D eigenvalue weighted by Crippen LogP contribution is 2.74. The zero-order valence-electron chi connectivity index (χ0n) is 40.2. The lowest BCUT2D eigenvalue weighted by atomic mass is 9.38. The molecule has 3 unspecified atom stereocenters. The summed E-state index contributed by atoms with van der Waals surface area (Å²) in [6.07, 6.45) is -17.4. The second kappa shape index (κ2) is 19.6. The quantitative estimate of drug-likeness (QED) is 0.0944. The van der Waals surface area contributed by atoms with Crippen molar-refractivity contribution in [2.45, 2.75) is 217 Å². The lowest BCUT2D eigenvalue weighted by molar-refractivity contribution is -0.375. The van der Waals surface area contributed by atoms with Gasteiger partial charge in [0.05, 0.1) is 37.6 Å². The van der Waals surface area contributed by atoms with E-state index in [0.717, 1.165) is 18.4 Å². The lowest BCUT2D eigenvalue weighted by Gasteiger charge is -2.65. The molecular weight excluding hydrogens is 881 g/mol. The van der Waals surface area contributed by atoms with Crippen molar-refractivity contribution in [2.75, 3.05) is 19.8 Å². The van der Waals surface area contributed by atoms with Crippen LogP contribution in [0.4, 0.5) is 0 Å². The van der Waals surface area contributed by atoms with Crippen molar-refractivity contribution in [3.05, 3.63) is 11.6 Å². The summed E-state index contributed by atoms with van der Waals surface area (Å²) in [5.74, 6) is 0.405. The van der Waals surface area contributed by atoms with Crippen LogP contribution in [0.5, 0.6) is 0 Å². The Hall–Kier alpha value is -1.31. The van der Waals surface area contributed by atoms with Crippen LogP contribution in [0.1, 0.15) is 107 Å². The van der Waals surface area contributed by atoms with E-state index in [0.29, 0.717) is 32.1 Å². The molecule has 0 aromatic rings. The molecule has 3 aliphatic heterocycles. The first-order valence-corrected chi connectivity index (χ1v) is 24.4. The highest BCUT2D eigenvalue weighted by atomic mass is 16.8. The summed E-state index contributed by atoms with van der Waals surface area (Å²) < 4.78 is 35.9. The highest BCUT2D eigenvalue weighted by molar-refractivity contribution is 5.88. The average molecular weight is 961 g/mol. The number of aliphatic hydroxyl groups excluding tert-OH is 11. The number of aliphatic hydroxyl groups is 12. The van der Waals surface area contributed by atoms with E-state index in [4.69, 9.17) is 28.4 Å². The summed E-state index contributed by atoms with van der Waals surface area (Å²) in [5, 5.41) is 126. The van der Waals surface area contributed by atoms with Gasteiger partial charge in [-0.1, -0.05) is 53.2 Å². The smallest absolute Gasteiger partial charge is 0.187 e. The fraction of sp³-hybridized carbons (Fsp3) is 0.938. The van der Waals surface area contributed by atoms with E-state index < -0.39 is 141 Å². The van der Waals surface area contributed by atoms with E-state index >= 15 is 4.79 Å². The number of carbonyl (C=O) groups excluding carboxylic acids is 1. The van der Waals surface area contributed by atoms with E-state index in [1.54, 1.807) is 13.8 Å². The molecule has 67 heavy (non-hydrogen) atoms. The molecule has 19 nitrogen and oxygen atoms in total. The number of hydrogen-bond acceptors (Lipinski definition) is 19. The van der Waals surface area contributed by atoms with E-state index in [9.17, 15) is 61.3 Å². The van der Waals surface area contributed by atoms with Gasteiger partial charge >= 0.3 is 0 Å². The van der Waals surface area contributed by atoms with Gasteiger partial charge in [0.15, 0.2) is 18.9 Å². The molecule has 386 valence electrons. The Labute approximate surface area is 393 Å². The van der Waals surface area contributed by atoms with E-state index in [1.165, 1.54) is 0 Å². The molecule has 0 aromatic carbocycles. The summed E-state index contributed by atoms with van der Waals surface area (Å²) in [6, 6.07) is 0. The van der Waals surface area contributed by atoms with E-state index in [-0.39, 0.29) is 46.7 Å². The molecule has 0 amide bonds. The third kappa shape index (κ3) is 9.04. The van der Waals surface area contributed by atoms with Gasteiger partial charge in [-0.2, -0.15) is 0 Å². The van der Waals surface area contributed by atoms with Gasteiger partial charge < -0.3 is 89.7 Å². The molecule has 7 rings (SSSR count). The molecule has 3 saturated carbocycles. The Bertz CT molecular complexity index is 1750. The van der Waals surface area contributed by atoms with Crippen LogP contribution in [0.3, 0.4) is 0 Å². The fourth-order valence-electron chi connectivity index (χ4n) is 14.0. The molecule has 0 aromatic heterocycles. The Balaban J connectivity index is 1.06. The van der Waals surface area contributed by atoms with Crippen LogP contribution in [0.25, 0.3) is 0 Å². The summed E-state index contributed by atoms with van der Waals surface area (Å²) >= 11 is 0. The van der Waals surface area contributed by atoms with Gasteiger partial charge in [-0.25, -0.2) is 0 Å². The Morgan fingerprint density at radius 1 is 0.687 bits per heavy atom. The minimum atomic E-state index is -1.84. The zero-order valence-corrected chi connectivity index (χ0v) is 40.2. The number of ether oxygens (including phenoxy) is 6. The fourth-order valence-corrected chi connectivity index (χ4v) is 14.0. The van der Waals surface area contributed by atoms with Crippen molar-refractivity contribution in [1.82, 2.24) is 0 Å². The molecular formula is C48H80O19. The van der Waals surface area contributed by atoms with E-state index in [2.05, 4.69) is 47.6 Å². The predicted molar refractivity (Wildman–Crippen MR) is 234 cm³/mol. The van der Waals surface area contributed by atoms with Gasteiger partial charge in [-0.3, -0.25) is 4.79 Å².